The molecule has 1 saturated heterocycles. The van der Waals surface area contributed by atoms with Crippen LogP contribution in [0.1, 0.15) is 27.4 Å². The van der Waals surface area contributed by atoms with Crippen molar-refractivity contribution < 1.29 is 19.1 Å². The highest BCUT2D eigenvalue weighted by atomic mass is 16.5. The molecule has 0 spiro atoms. The summed E-state index contributed by atoms with van der Waals surface area (Å²) in [5, 5.41) is 10.5. The van der Waals surface area contributed by atoms with Gasteiger partial charge in [-0.1, -0.05) is 6.07 Å². The molecule has 1 amide bonds. The van der Waals surface area contributed by atoms with Crippen LogP contribution in [0.3, 0.4) is 0 Å². The summed E-state index contributed by atoms with van der Waals surface area (Å²) in [5.74, 6) is -0.123. The van der Waals surface area contributed by atoms with Crippen molar-refractivity contribution in [3.63, 3.8) is 0 Å². The molecule has 0 unspecified atom stereocenters. The van der Waals surface area contributed by atoms with E-state index >= 15 is 0 Å². The summed E-state index contributed by atoms with van der Waals surface area (Å²) in [6.45, 7) is 1.70. The second-order valence-electron chi connectivity index (χ2n) is 6.56. The topological polar surface area (TPSA) is 94.5 Å². The number of rotatable bonds is 6. The first kappa shape index (κ1) is 18.9. The maximum absolute atomic E-state index is 12.7. The molecule has 144 valence electrons. The quantitative estimate of drug-likeness (QED) is 0.730. The normalized spacial score (nSPS) is 18.9. The van der Waals surface area contributed by atoms with Gasteiger partial charge in [-0.3, -0.25) is 9.48 Å². The minimum absolute atomic E-state index is 0.0238. The Morgan fingerprint density at radius 1 is 1.33 bits per heavy atom. The number of hydrogen-bond donors (Lipinski definition) is 2. The highest BCUT2D eigenvalue weighted by Gasteiger charge is 2.34. The van der Waals surface area contributed by atoms with E-state index in [-0.39, 0.29) is 17.7 Å². The largest absolute Gasteiger partial charge is 0.496 e. The summed E-state index contributed by atoms with van der Waals surface area (Å²) in [6.07, 6.45) is 3.76. The maximum atomic E-state index is 12.7. The summed E-state index contributed by atoms with van der Waals surface area (Å²) in [7, 11) is 4.68. The summed E-state index contributed by atoms with van der Waals surface area (Å²) < 4.78 is 11.7. The fraction of sp³-hybridized carbons (Fsp3) is 0.421. The average Bonchev–Trinajstić information content (AvgIpc) is 3.34. The molecular weight excluding hydrogens is 348 g/mol. The second kappa shape index (κ2) is 8.22. The molecule has 1 fully saturated rings. The number of aryl methyl sites for hydroxylation is 1. The van der Waals surface area contributed by atoms with Crippen LogP contribution in [0.2, 0.25) is 0 Å². The molecule has 0 aliphatic carbocycles. The van der Waals surface area contributed by atoms with Gasteiger partial charge in [0.05, 0.1) is 26.3 Å². The van der Waals surface area contributed by atoms with Crippen molar-refractivity contribution in [2.75, 3.05) is 27.3 Å². The van der Waals surface area contributed by atoms with Gasteiger partial charge in [0.2, 0.25) is 5.91 Å². The minimum Gasteiger partial charge on any atom is -0.496 e. The third-order valence-electron chi connectivity index (χ3n) is 4.84. The van der Waals surface area contributed by atoms with Crippen LogP contribution >= 0.6 is 0 Å². The van der Waals surface area contributed by atoms with Gasteiger partial charge in [-0.2, -0.15) is 5.10 Å². The van der Waals surface area contributed by atoms with Gasteiger partial charge in [-0.05, 0) is 23.3 Å². The molecule has 27 heavy (non-hydrogen) atoms. The lowest BCUT2D eigenvalue weighted by Crippen LogP contribution is -2.34. The van der Waals surface area contributed by atoms with E-state index in [4.69, 9.17) is 9.47 Å². The first-order chi connectivity index (χ1) is 13.0. The molecule has 1 aliphatic heterocycles. The summed E-state index contributed by atoms with van der Waals surface area (Å²) >= 11 is 0. The molecule has 3 rings (SSSR count). The first-order valence-corrected chi connectivity index (χ1v) is 8.75. The number of esters is 1. The molecule has 0 radical (unpaired) electrons. The number of nitrogens with one attached hydrogen (secondary N) is 2. The smallest absolute Gasteiger partial charge is 0.341 e. The Balaban J connectivity index is 1.67. The highest BCUT2D eigenvalue weighted by molar-refractivity contribution is 5.92. The number of aromatic nitrogens is 2. The number of carbonyl (C=O) groups is 2. The number of ether oxygens (including phenoxy) is 2. The lowest BCUT2D eigenvalue weighted by molar-refractivity contribution is -0.125. The molecular formula is C19H24N4O4. The zero-order chi connectivity index (χ0) is 19.4. The van der Waals surface area contributed by atoms with Gasteiger partial charge in [-0.25, -0.2) is 4.79 Å². The molecule has 2 heterocycles. The molecule has 8 heteroatoms. The predicted molar refractivity (Wildman–Crippen MR) is 98.5 cm³/mol. The van der Waals surface area contributed by atoms with E-state index in [0.29, 0.717) is 24.4 Å². The van der Waals surface area contributed by atoms with Crippen molar-refractivity contribution >= 4 is 11.9 Å². The molecule has 0 bridgehead atoms. The van der Waals surface area contributed by atoms with Crippen LogP contribution < -0.4 is 15.4 Å². The van der Waals surface area contributed by atoms with E-state index in [0.717, 1.165) is 17.7 Å². The monoisotopic (exact) mass is 372 g/mol. The van der Waals surface area contributed by atoms with Gasteiger partial charge < -0.3 is 20.1 Å². The fourth-order valence-electron chi connectivity index (χ4n) is 3.39. The Hall–Kier alpha value is -2.87. The lowest BCUT2D eigenvalue weighted by Gasteiger charge is -2.17. The van der Waals surface area contributed by atoms with Crippen LogP contribution in [-0.2, 0) is 23.1 Å². The van der Waals surface area contributed by atoms with E-state index < -0.39 is 5.97 Å². The van der Waals surface area contributed by atoms with Crippen molar-refractivity contribution in [2.45, 2.75) is 12.5 Å². The number of carbonyl (C=O) groups excluding carboxylic acids is 2. The molecule has 0 saturated carbocycles. The van der Waals surface area contributed by atoms with Crippen LogP contribution in [0, 0.1) is 5.92 Å². The zero-order valence-corrected chi connectivity index (χ0v) is 15.7. The number of methoxy groups -OCH3 is 2. The molecule has 1 aromatic heterocycles. The second-order valence-corrected chi connectivity index (χ2v) is 6.56. The number of amides is 1. The van der Waals surface area contributed by atoms with Gasteiger partial charge >= 0.3 is 5.97 Å². The Kier molecular flexibility index (Phi) is 5.75. The summed E-state index contributed by atoms with van der Waals surface area (Å²) in [4.78, 5) is 24.6. The van der Waals surface area contributed by atoms with Gasteiger partial charge in [-0.15, -0.1) is 0 Å². The van der Waals surface area contributed by atoms with Crippen LogP contribution in [0.4, 0.5) is 0 Å². The molecule has 8 nitrogen and oxygen atoms in total. The standard InChI is InChI=1S/C19H24N4O4/c1-23-11-13(8-22-23)15-9-20-10-16(15)18(24)21-7-12-4-5-17(26-2)14(6-12)19(25)27-3/h4-6,8,11,15-16,20H,7,9-10H2,1-3H3,(H,21,24)/t15-,16+/m1/s1. The third-order valence-corrected chi connectivity index (χ3v) is 4.84. The van der Waals surface area contributed by atoms with Crippen molar-refractivity contribution in [3.05, 3.63) is 47.3 Å². The van der Waals surface area contributed by atoms with Crippen LogP contribution in [-0.4, -0.2) is 49.0 Å². The Bertz CT molecular complexity index is 833. The van der Waals surface area contributed by atoms with E-state index in [9.17, 15) is 9.59 Å². The van der Waals surface area contributed by atoms with E-state index in [1.165, 1.54) is 14.2 Å². The Morgan fingerprint density at radius 2 is 2.15 bits per heavy atom. The van der Waals surface area contributed by atoms with Gasteiger partial charge in [0.25, 0.3) is 0 Å². The molecule has 1 aromatic carbocycles. The molecule has 2 N–H and O–H groups in total. The highest BCUT2D eigenvalue weighted by Crippen LogP contribution is 2.28. The lowest BCUT2D eigenvalue weighted by atomic mass is 9.90. The van der Waals surface area contributed by atoms with Crippen LogP contribution in [0.5, 0.6) is 5.75 Å². The summed E-state index contributed by atoms with van der Waals surface area (Å²) in [6, 6.07) is 5.19. The van der Waals surface area contributed by atoms with Gasteiger partial charge in [0.1, 0.15) is 11.3 Å². The molecule has 2 atom stereocenters. The minimum atomic E-state index is -0.475. The van der Waals surface area contributed by atoms with Gasteiger partial charge in [0, 0.05) is 38.8 Å². The van der Waals surface area contributed by atoms with Crippen molar-refractivity contribution in [1.82, 2.24) is 20.4 Å². The molecule has 2 aromatic rings. The fourth-order valence-corrected chi connectivity index (χ4v) is 3.39. The van der Waals surface area contributed by atoms with E-state index in [1.54, 1.807) is 16.8 Å². The zero-order valence-electron chi connectivity index (χ0n) is 15.7. The van der Waals surface area contributed by atoms with Crippen molar-refractivity contribution in [2.24, 2.45) is 13.0 Å². The van der Waals surface area contributed by atoms with Crippen molar-refractivity contribution in [3.8, 4) is 5.75 Å². The number of benzene rings is 1. The Labute approximate surface area is 157 Å². The number of hydrogen-bond acceptors (Lipinski definition) is 6. The third kappa shape index (κ3) is 4.11. The van der Waals surface area contributed by atoms with Crippen LogP contribution in [0.15, 0.2) is 30.6 Å². The number of nitrogens with zero attached hydrogens (tertiary/aromatic N) is 2. The van der Waals surface area contributed by atoms with Crippen molar-refractivity contribution in [1.29, 1.82) is 0 Å². The SMILES string of the molecule is COC(=O)c1cc(CNC(=O)[C@H]2CNC[C@@H]2c2cnn(C)c2)ccc1OC. The average molecular weight is 372 g/mol. The first-order valence-electron chi connectivity index (χ1n) is 8.75. The Morgan fingerprint density at radius 3 is 2.81 bits per heavy atom. The molecule has 1 aliphatic rings. The van der Waals surface area contributed by atoms with Gasteiger partial charge in [0.15, 0.2) is 0 Å². The van der Waals surface area contributed by atoms with E-state index in [1.807, 2.05) is 25.5 Å². The van der Waals surface area contributed by atoms with E-state index in [2.05, 4.69) is 15.7 Å². The van der Waals surface area contributed by atoms with Crippen LogP contribution in [0.25, 0.3) is 0 Å². The predicted octanol–water partition coefficient (Wildman–Crippen LogP) is 0.835. The maximum Gasteiger partial charge on any atom is 0.341 e. The summed E-state index contributed by atoms with van der Waals surface area (Å²) in [5.41, 5.74) is 2.19.